The molecule has 0 radical (unpaired) electrons. The molecule has 0 saturated carbocycles. The Bertz CT molecular complexity index is 828. The molecule has 0 bridgehead atoms. The SMILES string of the molecule is CCS(=O)(=O)c1ccc(O)c(NC(=O)Cc2ccccc2C)c1. The molecule has 1 amide bonds. The lowest BCUT2D eigenvalue weighted by atomic mass is 10.1. The maximum atomic E-state index is 12.1. The fourth-order valence-corrected chi connectivity index (χ4v) is 3.06. The normalized spacial score (nSPS) is 11.2. The molecule has 6 heteroatoms. The summed E-state index contributed by atoms with van der Waals surface area (Å²) < 4.78 is 23.8. The van der Waals surface area contributed by atoms with Crippen LogP contribution in [0, 0.1) is 6.92 Å². The van der Waals surface area contributed by atoms with Crippen molar-refractivity contribution < 1.29 is 18.3 Å². The topological polar surface area (TPSA) is 83.5 Å². The van der Waals surface area contributed by atoms with Gasteiger partial charge >= 0.3 is 0 Å². The van der Waals surface area contributed by atoms with E-state index in [9.17, 15) is 18.3 Å². The van der Waals surface area contributed by atoms with Crippen LogP contribution in [0.4, 0.5) is 5.69 Å². The number of amides is 1. The summed E-state index contributed by atoms with van der Waals surface area (Å²) in [5.74, 6) is -0.534. The van der Waals surface area contributed by atoms with E-state index in [4.69, 9.17) is 0 Å². The molecule has 2 N–H and O–H groups in total. The zero-order valence-corrected chi connectivity index (χ0v) is 13.9. The number of nitrogens with one attached hydrogen (secondary N) is 1. The molecule has 0 aliphatic rings. The van der Waals surface area contributed by atoms with Crippen molar-refractivity contribution in [1.29, 1.82) is 0 Å². The average Bonchev–Trinajstić information content (AvgIpc) is 2.51. The highest BCUT2D eigenvalue weighted by Gasteiger charge is 2.15. The molecular weight excluding hydrogens is 314 g/mol. The Morgan fingerprint density at radius 2 is 1.87 bits per heavy atom. The van der Waals surface area contributed by atoms with Gasteiger partial charge in [0.25, 0.3) is 0 Å². The Morgan fingerprint density at radius 1 is 1.17 bits per heavy atom. The standard InChI is InChI=1S/C17H19NO4S/c1-3-23(21,22)14-8-9-16(19)15(11-14)18-17(20)10-13-7-5-4-6-12(13)2/h4-9,11,19H,3,10H2,1-2H3,(H,18,20). The minimum absolute atomic E-state index is 0.0473. The van der Waals surface area contributed by atoms with Crippen LogP contribution >= 0.6 is 0 Å². The van der Waals surface area contributed by atoms with E-state index in [-0.39, 0.29) is 34.4 Å². The predicted octanol–water partition coefficient (Wildman–Crippen LogP) is 2.68. The maximum Gasteiger partial charge on any atom is 0.228 e. The van der Waals surface area contributed by atoms with E-state index < -0.39 is 9.84 Å². The molecule has 0 fully saturated rings. The smallest absolute Gasteiger partial charge is 0.228 e. The Labute approximate surface area is 135 Å². The molecular formula is C17H19NO4S. The number of sulfone groups is 1. The van der Waals surface area contributed by atoms with Gasteiger partial charge in [-0.15, -0.1) is 0 Å². The van der Waals surface area contributed by atoms with Crippen LogP contribution in [0.2, 0.25) is 0 Å². The first-order valence-electron chi connectivity index (χ1n) is 7.23. The number of phenolic OH excluding ortho intramolecular Hbond substituents is 1. The van der Waals surface area contributed by atoms with Crippen molar-refractivity contribution in [1.82, 2.24) is 0 Å². The maximum absolute atomic E-state index is 12.1. The third-order valence-electron chi connectivity index (χ3n) is 3.59. The second-order valence-corrected chi connectivity index (χ2v) is 7.51. The van der Waals surface area contributed by atoms with Crippen LogP contribution in [0.15, 0.2) is 47.4 Å². The molecule has 0 saturated heterocycles. The number of carbonyl (C=O) groups is 1. The number of phenols is 1. The van der Waals surface area contributed by atoms with Crippen LogP contribution in [0.25, 0.3) is 0 Å². The summed E-state index contributed by atoms with van der Waals surface area (Å²) in [4.78, 5) is 12.2. The molecule has 2 rings (SSSR count). The van der Waals surface area contributed by atoms with E-state index in [0.29, 0.717) is 0 Å². The predicted molar refractivity (Wildman–Crippen MR) is 89.3 cm³/mol. The van der Waals surface area contributed by atoms with Crippen molar-refractivity contribution in [3.05, 3.63) is 53.6 Å². The highest BCUT2D eigenvalue weighted by molar-refractivity contribution is 7.91. The van der Waals surface area contributed by atoms with Gasteiger partial charge in [-0.3, -0.25) is 4.79 Å². The molecule has 0 aromatic heterocycles. The van der Waals surface area contributed by atoms with E-state index >= 15 is 0 Å². The van der Waals surface area contributed by atoms with Gasteiger partial charge in [-0.1, -0.05) is 31.2 Å². The summed E-state index contributed by atoms with van der Waals surface area (Å²) >= 11 is 0. The third kappa shape index (κ3) is 4.10. The number of benzene rings is 2. The van der Waals surface area contributed by atoms with Gasteiger partial charge in [0.15, 0.2) is 9.84 Å². The van der Waals surface area contributed by atoms with Crippen molar-refractivity contribution >= 4 is 21.4 Å². The Balaban J connectivity index is 2.21. The molecule has 2 aromatic rings. The van der Waals surface area contributed by atoms with Gasteiger partial charge in [-0.2, -0.15) is 0 Å². The molecule has 0 aliphatic heterocycles. The van der Waals surface area contributed by atoms with Gasteiger partial charge in [0.05, 0.1) is 22.8 Å². The second kappa shape index (κ2) is 6.83. The summed E-state index contributed by atoms with van der Waals surface area (Å²) in [7, 11) is -3.40. The summed E-state index contributed by atoms with van der Waals surface area (Å²) in [5, 5.41) is 12.4. The van der Waals surface area contributed by atoms with E-state index in [1.54, 1.807) is 6.92 Å². The van der Waals surface area contributed by atoms with E-state index in [1.807, 2.05) is 31.2 Å². The van der Waals surface area contributed by atoms with E-state index in [2.05, 4.69) is 5.32 Å². The summed E-state index contributed by atoms with van der Waals surface area (Å²) in [5.41, 5.74) is 1.97. The van der Waals surface area contributed by atoms with Crippen LogP contribution in [-0.2, 0) is 21.1 Å². The highest BCUT2D eigenvalue weighted by atomic mass is 32.2. The number of anilines is 1. The average molecular weight is 333 g/mol. The minimum Gasteiger partial charge on any atom is -0.506 e. The zero-order chi connectivity index (χ0) is 17.0. The van der Waals surface area contributed by atoms with Crippen molar-refractivity contribution in [2.75, 3.05) is 11.1 Å². The summed E-state index contributed by atoms with van der Waals surface area (Å²) in [6.07, 6.45) is 0.150. The number of hydrogen-bond acceptors (Lipinski definition) is 4. The zero-order valence-electron chi connectivity index (χ0n) is 13.0. The van der Waals surface area contributed by atoms with Crippen LogP contribution in [-0.4, -0.2) is 25.2 Å². The molecule has 122 valence electrons. The van der Waals surface area contributed by atoms with Gasteiger partial charge in [0.2, 0.25) is 5.91 Å². The molecule has 0 atom stereocenters. The number of hydrogen-bond donors (Lipinski definition) is 2. The number of rotatable bonds is 5. The fraction of sp³-hybridized carbons (Fsp3) is 0.235. The first kappa shape index (κ1) is 17.0. The molecule has 0 heterocycles. The first-order valence-corrected chi connectivity index (χ1v) is 8.89. The van der Waals surface area contributed by atoms with Gasteiger partial charge in [0.1, 0.15) is 5.75 Å². The molecule has 0 aliphatic carbocycles. The monoisotopic (exact) mass is 333 g/mol. The lowest BCUT2D eigenvalue weighted by molar-refractivity contribution is -0.115. The number of aryl methyl sites for hydroxylation is 1. The fourth-order valence-electron chi connectivity index (χ4n) is 2.15. The van der Waals surface area contributed by atoms with Crippen molar-refractivity contribution in [2.45, 2.75) is 25.2 Å². The molecule has 2 aromatic carbocycles. The quantitative estimate of drug-likeness (QED) is 0.824. The molecule has 0 unspecified atom stereocenters. The molecule has 0 spiro atoms. The second-order valence-electron chi connectivity index (χ2n) is 5.23. The number of carbonyl (C=O) groups excluding carboxylic acids is 1. The molecule has 23 heavy (non-hydrogen) atoms. The van der Waals surface area contributed by atoms with Gasteiger partial charge in [0, 0.05) is 0 Å². The van der Waals surface area contributed by atoms with E-state index in [0.717, 1.165) is 11.1 Å². The summed E-state index contributed by atoms with van der Waals surface area (Å²) in [6, 6.07) is 11.4. The highest BCUT2D eigenvalue weighted by Crippen LogP contribution is 2.27. The van der Waals surface area contributed by atoms with Crippen LogP contribution in [0.1, 0.15) is 18.1 Å². The molecule has 5 nitrogen and oxygen atoms in total. The lowest BCUT2D eigenvalue weighted by Gasteiger charge is -2.10. The van der Waals surface area contributed by atoms with Crippen LogP contribution < -0.4 is 5.32 Å². The van der Waals surface area contributed by atoms with Crippen molar-refractivity contribution in [2.24, 2.45) is 0 Å². The summed E-state index contributed by atoms with van der Waals surface area (Å²) in [6.45, 7) is 3.45. The van der Waals surface area contributed by atoms with E-state index in [1.165, 1.54) is 18.2 Å². The van der Waals surface area contributed by atoms with Gasteiger partial charge in [-0.25, -0.2) is 8.42 Å². The van der Waals surface area contributed by atoms with Crippen molar-refractivity contribution in [3.8, 4) is 5.75 Å². The van der Waals surface area contributed by atoms with Gasteiger partial charge < -0.3 is 10.4 Å². The Hall–Kier alpha value is -2.34. The first-order chi connectivity index (χ1) is 10.8. The third-order valence-corrected chi connectivity index (χ3v) is 5.33. The van der Waals surface area contributed by atoms with Crippen molar-refractivity contribution in [3.63, 3.8) is 0 Å². The Morgan fingerprint density at radius 3 is 2.52 bits per heavy atom. The lowest BCUT2D eigenvalue weighted by Crippen LogP contribution is -2.15. The largest absolute Gasteiger partial charge is 0.506 e. The number of aromatic hydroxyl groups is 1. The Kier molecular flexibility index (Phi) is 5.05. The van der Waals surface area contributed by atoms with Crippen LogP contribution in [0.5, 0.6) is 5.75 Å². The van der Waals surface area contributed by atoms with Crippen LogP contribution in [0.3, 0.4) is 0 Å². The minimum atomic E-state index is -3.40. The van der Waals surface area contributed by atoms with Gasteiger partial charge in [-0.05, 0) is 36.2 Å².